The van der Waals surface area contributed by atoms with Crippen molar-refractivity contribution in [1.29, 1.82) is 0 Å². The zero-order valence-electron chi connectivity index (χ0n) is 4.50. The Bertz CT molecular complexity index is 151. The quantitative estimate of drug-likeness (QED) is 0.511. The van der Waals surface area contributed by atoms with Gasteiger partial charge in [0.05, 0.1) is 0 Å². The molecule has 0 saturated heterocycles. The lowest BCUT2D eigenvalue weighted by Crippen LogP contribution is -1.69. The van der Waals surface area contributed by atoms with E-state index in [2.05, 4.69) is 4.98 Å². The summed E-state index contributed by atoms with van der Waals surface area (Å²) in [7, 11) is 0. The highest BCUT2D eigenvalue weighted by atomic mass is 32.1. The molecular formula is C4H4NOS+. The van der Waals surface area contributed by atoms with Crippen LogP contribution in [0.4, 0.5) is 0 Å². The van der Waals surface area contributed by atoms with Crippen LogP contribution in [0.15, 0.2) is 11.6 Å². The Balaban J connectivity index is 0.000000490. The zero-order chi connectivity index (χ0) is 5.11. The van der Waals surface area contributed by atoms with Gasteiger partial charge in [-0.25, -0.2) is 4.98 Å². The van der Waals surface area contributed by atoms with Crippen LogP contribution in [0.1, 0.15) is 11.2 Å². The SMILES string of the molecule is O=Cc1nccs1.[H+]. The number of carbonyl (C=O) groups excluding carboxylic acids is 1. The van der Waals surface area contributed by atoms with Crippen molar-refractivity contribution in [2.24, 2.45) is 0 Å². The van der Waals surface area contributed by atoms with Gasteiger partial charge < -0.3 is 0 Å². The molecule has 0 radical (unpaired) electrons. The highest BCUT2D eigenvalue weighted by molar-refractivity contribution is 7.11. The third kappa shape index (κ3) is 0.838. The first-order valence-corrected chi connectivity index (χ1v) is 2.66. The first-order valence-electron chi connectivity index (χ1n) is 1.78. The molecule has 1 aromatic rings. The van der Waals surface area contributed by atoms with E-state index < -0.39 is 0 Å². The molecule has 0 aromatic carbocycles. The minimum absolute atomic E-state index is 0. The van der Waals surface area contributed by atoms with Crippen molar-refractivity contribution in [1.82, 2.24) is 4.98 Å². The second kappa shape index (κ2) is 1.84. The van der Waals surface area contributed by atoms with Crippen LogP contribution < -0.4 is 0 Å². The van der Waals surface area contributed by atoms with Crippen molar-refractivity contribution in [2.75, 3.05) is 0 Å². The van der Waals surface area contributed by atoms with Gasteiger partial charge in [-0.3, -0.25) is 4.79 Å². The zero-order valence-corrected chi connectivity index (χ0v) is 4.31. The summed E-state index contributed by atoms with van der Waals surface area (Å²) in [6, 6.07) is 0. The summed E-state index contributed by atoms with van der Waals surface area (Å²) in [5.74, 6) is 0. The molecule has 3 heteroatoms. The summed E-state index contributed by atoms with van der Waals surface area (Å²) in [5.41, 5.74) is 0. The minimum atomic E-state index is 0. The van der Waals surface area contributed by atoms with Gasteiger partial charge in [0.25, 0.3) is 0 Å². The van der Waals surface area contributed by atoms with Gasteiger partial charge in [0, 0.05) is 11.6 Å². The van der Waals surface area contributed by atoms with E-state index in [4.69, 9.17) is 0 Å². The average Bonchev–Trinajstić information content (AvgIpc) is 2.14. The second-order valence-electron chi connectivity index (χ2n) is 0.988. The van der Waals surface area contributed by atoms with Crippen LogP contribution in [0.3, 0.4) is 0 Å². The topological polar surface area (TPSA) is 30.0 Å². The molecule has 1 rings (SSSR count). The third-order valence-electron chi connectivity index (χ3n) is 0.552. The normalized spacial score (nSPS) is 8.57. The van der Waals surface area contributed by atoms with E-state index in [-0.39, 0.29) is 1.43 Å². The molecule has 0 bridgehead atoms. The summed E-state index contributed by atoms with van der Waals surface area (Å²) >= 11 is 1.34. The van der Waals surface area contributed by atoms with Crippen LogP contribution in [0.25, 0.3) is 0 Å². The van der Waals surface area contributed by atoms with Crippen LogP contribution in [0.2, 0.25) is 0 Å². The van der Waals surface area contributed by atoms with Gasteiger partial charge in [-0.05, 0) is 0 Å². The molecule has 0 atom stereocenters. The van der Waals surface area contributed by atoms with Gasteiger partial charge >= 0.3 is 1.43 Å². The molecule has 36 valence electrons. The van der Waals surface area contributed by atoms with E-state index in [9.17, 15) is 4.79 Å². The fourth-order valence-electron chi connectivity index (χ4n) is 0.293. The number of rotatable bonds is 1. The van der Waals surface area contributed by atoms with Crippen molar-refractivity contribution in [3.8, 4) is 0 Å². The van der Waals surface area contributed by atoms with Gasteiger partial charge in [0.2, 0.25) is 0 Å². The Morgan fingerprint density at radius 3 is 3.14 bits per heavy atom. The minimum Gasteiger partial charge on any atom is -0.295 e. The molecule has 0 spiro atoms. The van der Waals surface area contributed by atoms with E-state index in [0.29, 0.717) is 5.01 Å². The molecule has 1 heterocycles. The number of thiazole rings is 1. The largest absolute Gasteiger partial charge is 1.00 e. The van der Waals surface area contributed by atoms with Crippen molar-refractivity contribution in [2.45, 2.75) is 0 Å². The Morgan fingerprint density at radius 1 is 2.00 bits per heavy atom. The van der Waals surface area contributed by atoms with Gasteiger partial charge in [0.15, 0.2) is 11.3 Å². The number of hydrogen-bond donors (Lipinski definition) is 0. The molecule has 0 amide bonds. The first kappa shape index (κ1) is 4.46. The van der Waals surface area contributed by atoms with Crippen molar-refractivity contribution in [3.05, 3.63) is 16.6 Å². The van der Waals surface area contributed by atoms with Crippen LogP contribution in [-0.4, -0.2) is 11.3 Å². The predicted molar refractivity (Wildman–Crippen MR) is 28.6 cm³/mol. The van der Waals surface area contributed by atoms with E-state index >= 15 is 0 Å². The van der Waals surface area contributed by atoms with Crippen molar-refractivity contribution >= 4 is 17.6 Å². The molecule has 0 aliphatic rings. The lowest BCUT2D eigenvalue weighted by Gasteiger charge is -1.65. The molecular weight excluding hydrogens is 110 g/mol. The first-order chi connectivity index (χ1) is 3.43. The van der Waals surface area contributed by atoms with E-state index in [1.54, 1.807) is 11.6 Å². The van der Waals surface area contributed by atoms with Gasteiger partial charge in [-0.1, -0.05) is 0 Å². The van der Waals surface area contributed by atoms with Gasteiger partial charge in [-0.2, -0.15) is 0 Å². The maximum absolute atomic E-state index is 9.82. The third-order valence-corrected chi connectivity index (χ3v) is 1.25. The van der Waals surface area contributed by atoms with E-state index in [1.165, 1.54) is 11.3 Å². The summed E-state index contributed by atoms with van der Waals surface area (Å²) in [4.78, 5) is 13.5. The number of hydrogen-bond acceptors (Lipinski definition) is 3. The summed E-state index contributed by atoms with van der Waals surface area (Å²) in [6.45, 7) is 0. The maximum atomic E-state index is 9.82. The fraction of sp³-hybridized carbons (Fsp3) is 0. The monoisotopic (exact) mass is 114 g/mol. The molecule has 0 N–H and O–H groups in total. The van der Waals surface area contributed by atoms with Crippen molar-refractivity contribution < 1.29 is 6.22 Å². The number of aromatic nitrogens is 1. The van der Waals surface area contributed by atoms with Crippen molar-refractivity contribution in [3.63, 3.8) is 0 Å². The van der Waals surface area contributed by atoms with Crippen LogP contribution >= 0.6 is 11.3 Å². The Labute approximate surface area is 46.3 Å². The Kier molecular flexibility index (Phi) is 1.17. The highest BCUT2D eigenvalue weighted by Crippen LogP contribution is 1.97. The van der Waals surface area contributed by atoms with Gasteiger partial charge in [-0.15, -0.1) is 11.3 Å². The molecule has 0 unspecified atom stereocenters. The average molecular weight is 114 g/mol. The van der Waals surface area contributed by atoms with Gasteiger partial charge in [0.1, 0.15) is 0 Å². The predicted octanol–water partition coefficient (Wildman–Crippen LogP) is 1.07. The lowest BCUT2D eigenvalue weighted by atomic mass is 10.8. The summed E-state index contributed by atoms with van der Waals surface area (Å²) < 4.78 is 0. The number of aldehydes is 1. The van der Waals surface area contributed by atoms with E-state index in [0.717, 1.165) is 6.29 Å². The summed E-state index contributed by atoms with van der Waals surface area (Å²) in [5, 5.41) is 2.31. The molecule has 0 saturated carbocycles. The molecule has 0 fully saturated rings. The Hall–Kier alpha value is -0.700. The smallest absolute Gasteiger partial charge is 0.295 e. The fourth-order valence-corrected chi connectivity index (χ4v) is 0.731. The standard InChI is InChI=1S/C4H3NOS/c6-3-4-5-1-2-7-4/h1-3H/p+1. The molecule has 0 aliphatic heterocycles. The number of carbonyl (C=O) groups is 1. The van der Waals surface area contributed by atoms with Crippen LogP contribution in [0, 0.1) is 0 Å². The van der Waals surface area contributed by atoms with Crippen LogP contribution in [0.5, 0.6) is 0 Å². The summed E-state index contributed by atoms with van der Waals surface area (Å²) in [6.07, 6.45) is 2.35. The highest BCUT2D eigenvalue weighted by Gasteiger charge is 1.84. The van der Waals surface area contributed by atoms with Crippen LogP contribution in [-0.2, 0) is 0 Å². The lowest BCUT2D eigenvalue weighted by molar-refractivity contribution is 0.112. The second-order valence-corrected chi connectivity index (χ2v) is 1.91. The Morgan fingerprint density at radius 2 is 2.86 bits per heavy atom. The maximum Gasteiger partial charge on any atom is 1.00 e. The van der Waals surface area contributed by atoms with E-state index in [1.807, 2.05) is 0 Å². The molecule has 7 heavy (non-hydrogen) atoms. The molecule has 1 aromatic heterocycles. The number of nitrogens with zero attached hydrogens (tertiary/aromatic N) is 1. The molecule has 2 nitrogen and oxygen atoms in total. The molecule has 0 aliphatic carbocycles.